The van der Waals surface area contributed by atoms with Gasteiger partial charge in [0.15, 0.2) is 0 Å². The molecule has 0 spiro atoms. The summed E-state index contributed by atoms with van der Waals surface area (Å²) in [6.45, 7) is 6.26. The van der Waals surface area contributed by atoms with E-state index in [2.05, 4.69) is 11.8 Å². The molecule has 1 aliphatic heterocycles. The van der Waals surface area contributed by atoms with Crippen LogP contribution in [0.3, 0.4) is 0 Å². The summed E-state index contributed by atoms with van der Waals surface area (Å²) in [5.74, 6) is 0. The molecule has 2 atom stereocenters. The minimum absolute atomic E-state index is 0.395. The number of ether oxygens (including phenoxy) is 2. The molecule has 2 rings (SSSR count). The van der Waals surface area contributed by atoms with E-state index in [1.165, 1.54) is 4.88 Å². The van der Waals surface area contributed by atoms with Crippen LogP contribution in [0.1, 0.15) is 18.2 Å². The van der Waals surface area contributed by atoms with Crippen LogP contribution in [0.15, 0.2) is 17.5 Å². The lowest BCUT2D eigenvalue weighted by Gasteiger charge is -2.36. The van der Waals surface area contributed by atoms with Gasteiger partial charge in [0.1, 0.15) is 0 Å². The van der Waals surface area contributed by atoms with Gasteiger partial charge in [0.05, 0.1) is 32.5 Å². The maximum absolute atomic E-state index is 10.0. The van der Waals surface area contributed by atoms with Gasteiger partial charge in [-0.3, -0.25) is 4.90 Å². The molecular formula is C14H23NO3S. The number of aliphatic hydroxyl groups is 1. The molecule has 108 valence electrons. The molecule has 1 aromatic rings. The van der Waals surface area contributed by atoms with Gasteiger partial charge in [0, 0.05) is 24.0 Å². The Bertz CT molecular complexity index is 344. The molecule has 1 aliphatic rings. The molecule has 1 saturated heterocycles. The highest BCUT2D eigenvalue weighted by molar-refractivity contribution is 7.09. The van der Waals surface area contributed by atoms with Gasteiger partial charge < -0.3 is 14.6 Å². The zero-order chi connectivity index (χ0) is 13.5. The van der Waals surface area contributed by atoms with Crippen molar-refractivity contribution in [3.63, 3.8) is 0 Å². The number of rotatable bonds is 7. The molecule has 5 heteroatoms. The fourth-order valence-electron chi connectivity index (χ4n) is 2.32. The van der Waals surface area contributed by atoms with Crippen LogP contribution in [0.5, 0.6) is 0 Å². The zero-order valence-electron chi connectivity index (χ0n) is 11.5. The van der Waals surface area contributed by atoms with E-state index in [-0.39, 0.29) is 0 Å². The quantitative estimate of drug-likeness (QED) is 0.828. The Morgan fingerprint density at radius 1 is 1.63 bits per heavy atom. The third-order valence-electron chi connectivity index (χ3n) is 3.40. The van der Waals surface area contributed by atoms with Crippen molar-refractivity contribution in [3.05, 3.63) is 22.4 Å². The van der Waals surface area contributed by atoms with Crippen LogP contribution >= 0.6 is 11.3 Å². The molecule has 0 aliphatic carbocycles. The fourth-order valence-corrected chi connectivity index (χ4v) is 2.96. The van der Waals surface area contributed by atoms with Gasteiger partial charge >= 0.3 is 0 Å². The predicted octanol–water partition coefficient (Wildman–Crippen LogP) is 1.74. The van der Waals surface area contributed by atoms with Crippen LogP contribution in [0.2, 0.25) is 0 Å². The molecule has 0 radical (unpaired) electrons. The number of β-amino-alcohol motifs (C(OH)–C–C–N with tert-alkyl or cyclic N) is 1. The number of thiophene rings is 1. The maximum atomic E-state index is 10.0. The van der Waals surface area contributed by atoms with E-state index in [0.29, 0.717) is 25.8 Å². The molecule has 0 aromatic carbocycles. The molecule has 0 saturated carbocycles. The monoisotopic (exact) mass is 285 g/mol. The van der Waals surface area contributed by atoms with Gasteiger partial charge in [0.25, 0.3) is 0 Å². The first kappa shape index (κ1) is 14.9. The number of nitrogens with zero attached hydrogens (tertiary/aromatic N) is 1. The van der Waals surface area contributed by atoms with Gasteiger partial charge in [-0.15, -0.1) is 11.3 Å². The second-order valence-electron chi connectivity index (χ2n) is 4.88. The SMILES string of the molecule is CCC1COCCN1CC(O)COCc1cccs1. The van der Waals surface area contributed by atoms with Crippen molar-refractivity contribution < 1.29 is 14.6 Å². The van der Waals surface area contributed by atoms with Gasteiger partial charge in [0.2, 0.25) is 0 Å². The lowest BCUT2D eigenvalue weighted by atomic mass is 10.1. The van der Waals surface area contributed by atoms with Crippen molar-refractivity contribution >= 4 is 11.3 Å². The number of aliphatic hydroxyl groups excluding tert-OH is 1. The molecular weight excluding hydrogens is 262 g/mol. The van der Waals surface area contributed by atoms with Crippen LogP contribution in [0.25, 0.3) is 0 Å². The predicted molar refractivity (Wildman–Crippen MR) is 76.5 cm³/mol. The van der Waals surface area contributed by atoms with E-state index in [1.807, 2.05) is 17.5 Å². The molecule has 1 aromatic heterocycles. The van der Waals surface area contributed by atoms with Crippen LogP contribution in [0, 0.1) is 0 Å². The van der Waals surface area contributed by atoms with Gasteiger partial charge in [-0.1, -0.05) is 13.0 Å². The first-order valence-corrected chi connectivity index (χ1v) is 7.77. The molecule has 2 unspecified atom stereocenters. The van der Waals surface area contributed by atoms with Crippen molar-refractivity contribution in [2.75, 3.05) is 32.9 Å². The van der Waals surface area contributed by atoms with Crippen LogP contribution in [-0.4, -0.2) is 55.1 Å². The molecule has 4 nitrogen and oxygen atoms in total. The molecule has 0 amide bonds. The smallest absolute Gasteiger partial charge is 0.0900 e. The Hall–Kier alpha value is -0.460. The first-order valence-electron chi connectivity index (χ1n) is 6.89. The highest BCUT2D eigenvalue weighted by Crippen LogP contribution is 2.12. The second kappa shape index (κ2) is 7.97. The minimum Gasteiger partial charge on any atom is -0.389 e. The Morgan fingerprint density at radius 3 is 3.26 bits per heavy atom. The number of hydrogen-bond donors (Lipinski definition) is 1. The van der Waals surface area contributed by atoms with E-state index in [4.69, 9.17) is 9.47 Å². The van der Waals surface area contributed by atoms with Crippen LogP contribution < -0.4 is 0 Å². The highest BCUT2D eigenvalue weighted by atomic mass is 32.1. The molecule has 1 N–H and O–H groups in total. The lowest BCUT2D eigenvalue weighted by molar-refractivity contribution is -0.0451. The summed E-state index contributed by atoms with van der Waals surface area (Å²) in [4.78, 5) is 3.51. The van der Waals surface area contributed by atoms with Gasteiger partial charge in [-0.2, -0.15) is 0 Å². The third-order valence-corrected chi connectivity index (χ3v) is 4.25. The maximum Gasteiger partial charge on any atom is 0.0900 e. The van der Waals surface area contributed by atoms with Crippen molar-refractivity contribution in [1.82, 2.24) is 4.90 Å². The average Bonchev–Trinajstić information content (AvgIpc) is 2.92. The van der Waals surface area contributed by atoms with E-state index < -0.39 is 6.10 Å². The van der Waals surface area contributed by atoms with E-state index in [0.717, 1.165) is 26.2 Å². The summed E-state index contributed by atoms with van der Waals surface area (Å²) < 4.78 is 11.0. The number of morpholine rings is 1. The summed E-state index contributed by atoms with van der Waals surface area (Å²) in [6, 6.07) is 4.49. The molecule has 0 bridgehead atoms. The Morgan fingerprint density at radius 2 is 2.53 bits per heavy atom. The Kier molecular flexibility index (Phi) is 6.26. The topological polar surface area (TPSA) is 41.9 Å². The number of hydrogen-bond acceptors (Lipinski definition) is 5. The summed E-state index contributed by atoms with van der Waals surface area (Å²) in [6.07, 6.45) is 0.634. The lowest BCUT2D eigenvalue weighted by Crippen LogP contribution is -2.48. The summed E-state index contributed by atoms with van der Waals surface area (Å²) in [7, 11) is 0. The Balaban J connectivity index is 1.66. The van der Waals surface area contributed by atoms with Crippen LogP contribution in [-0.2, 0) is 16.1 Å². The van der Waals surface area contributed by atoms with Gasteiger partial charge in [-0.25, -0.2) is 0 Å². The highest BCUT2D eigenvalue weighted by Gasteiger charge is 2.23. The van der Waals surface area contributed by atoms with Crippen molar-refractivity contribution in [3.8, 4) is 0 Å². The largest absolute Gasteiger partial charge is 0.389 e. The molecule has 19 heavy (non-hydrogen) atoms. The van der Waals surface area contributed by atoms with Crippen molar-refractivity contribution in [2.45, 2.75) is 32.1 Å². The van der Waals surface area contributed by atoms with Crippen LogP contribution in [0.4, 0.5) is 0 Å². The summed E-state index contributed by atoms with van der Waals surface area (Å²) >= 11 is 1.68. The average molecular weight is 285 g/mol. The van der Waals surface area contributed by atoms with E-state index in [9.17, 15) is 5.11 Å². The second-order valence-corrected chi connectivity index (χ2v) is 5.91. The van der Waals surface area contributed by atoms with E-state index in [1.54, 1.807) is 11.3 Å². The zero-order valence-corrected chi connectivity index (χ0v) is 12.3. The standard InChI is InChI=1S/C14H23NO3S/c1-2-12-9-17-6-5-15(12)8-13(16)10-18-11-14-4-3-7-19-14/h3-4,7,12-13,16H,2,5-6,8-11H2,1H3. The minimum atomic E-state index is -0.424. The third kappa shape index (κ3) is 4.85. The summed E-state index contributed by atoms with van der Waals surface area (Å²) in [5, 5.41) is 12.1. The normalized spacial score (nSPS) is 22.5. The Labute approximate surface area is 118 Å². The molecule has 1 fully saturated rings. The first-order chi connectivity index (χ1) is 9.29. The van der Waals surface area contributed by atoms with E-state index >= 15 is 0 Å². The summed E-state index contributed by atoms with van der Waals surface area (Å²) in [5.41, 5.74) is 0. The molecule has 2 heterocycles. The van der Waals surface area contributed by atoms with Crippen molar-refractivity contribution in [2.24, 2.45) is 0 Å². The van der Waals surface area contributed by atoms with Crippen molar-refractivity contribution in [1.29, 1.82) is 0 Å². The fraction of sp³-hybridized carbons (Fsp3) is 0.714. The van der Waals surface area contributed by atoms with Gasteiger partial charge in [-0.05, 0) is 17.9 Å².